The first-order valence-electron chi connectivity index (χ1n) is 4.67. The average Bonchev–Trinajstić information content (AvgIpc) is 2.59. The second-order valence-corrected chi connectivity index (χ2v) is 3.51. The van der Waals surface area contributed by atoms with Crippen LogP contribution in [0.2, 0.25) is 0 Å². The van der Waals surface area contributed by atoms with Crippen LogP contribution in [0.1, 0.15) is 15.9 Å². The predicted molar refractivity (Wildman–Crippen MR) is 52.3 cm³/mol. The van der Waals surface area contributed by atoms with Crippen LogP contribution in [0.4, 0.5) is 18.9 Å². The number of fused-ring (bicyclic) bond motifs is 1. The van der Waals surface area contributed by atoms with Crippen LogP contribution in [0.25, 0.3) is 0 Å². The minimum absolute atomic E-state index is 0.0163. The van der Waals surface area contributed by atoms with Gasteiger partial charge in [-0.3, -0.25) is 9.59 Å². The summed E-state index contributed by atoms with van der Waals surface area (Å²) in [6, 6.07) is 3.98. The summed E-state index contributed by atoms with van der Waals surface area (Å²) in [4.78, 5) is 21.9. The molecule has 90 valence electrons. The summed E-state index contributed by atoms with van der Waals surface area (Å²) in [6.07, 6.45) is -4.92. The van der Waals surface area contributed by atoms with Crippen LogP contribution in [0, 0.1) is 0 Å². The minimum Gasteiger partial charge on any atom is -0.348 e. The lowest BCUT2D eigenvalue weighted by Crippen LogP contribution is -2.29. The highest BCUT2D eigenvalue weighted by atomic mass is 19.4. The van der Waals surface area contributed by atoms with Gasteiger partial charge in [0.05, 0.1) is 0 Å². The van der Waals surface area contributed by atoms with Gasteiger partial charge in [-0.25, -0.2) is 0 Å². The number of alkyl halides is 3. The summed E-state index contributed by atoms with van der Waals surface area (Å²) in [6.45, 7) is 0.254. The van der Waals surface area contributed by atoms with Crippen LogP contribution < -0.4 is 10.6 Å². The van der Waals surface area contributed by atoms with Crippen LogP contribution in [0.15, 0.2) is 18.2 Å². The van der Waals surface area contributed by atoms with Crippen molar-refractivity contribution >= 4 is 17.5 Å². The first-order valence-corrected chi connectivity index (χ1v) is 4.67. The van der Waals surface area contributed by atoms with Crippen LogP contribution >= 0.6 is 0 Å². The molecule has 2 N–H and O–H groups in total. The Morgan fingerprint density at radius 1 is 1.35 bits per heavy atom. The Morgan fingerprint density at radius 3 is 2.71 bits per heavy atom. The number of benzene rings is 1. The second-order valence-electron chi connectivity index (χ2n) is 3.51. The lowest BCUT2D eigenvalue weighted by molar-refractivity contribution is -0.167. The third-order valence-corrected chi connectivity index (χ3v) is 2.30. The summed E-state index contributed by atoms with van der Waals surface area (Å²) in [5, 5.41) is 4.25. The summed E-state index contributed by atoms with van der Waals surface area (Å²) in [7, 11) is 0. The fourth-order valence-corrected chi connectivity index (χ4v) is 1.51. The van der Waals surface area contributed by atoms with E-state index in [0.717, 1.165) is 0 Å². The maximum Gasteiger partial charge on any atom is 0.471 e. The third kappa shape index (κ3) is 2.22. The lowest BCUT2D eigenvalue weighted by atomic mass is 10.1. The smallest absolute Gasteiger partial charge is 0.348 e. The molecule has 1 aromatic carbocycles. The standard InChI is InChI=1S/C10H7F3N2O2/c11-10(12,13)9(17)15-6-1-2-7-5(3-6)4-14-8(7)16/h1-3H,4H2,(H,14,16)(H,15,17). The average molecular weight is 244 g/mol. The minimum atomic E-state index is -4.92. The molecule has 0 aromatic heterocycles. The first kappa shape index (κ1) is 11.4. The van der Waals surface area contributed by atoms with Gasteiger partial charge in [0.1, 0.15) is 0 Å². The molecule has 1 aliphatic rings. The number of carbonyl (C=O) groups excluding carboxylic acids is 2. The maximum absolute atomic E-state index is 12.0. The number of halogens is 3. The van der Waals surface area contributed by atoms with E-state index in [1.54, 1.807) is 5.32 Å². The number of hydrogen-bond donors (Lipinski definition) is 2. The van der Waals surface area contributed by atoms with Gasteiger partial charge in [0.15, 0.2) is 0 Å². The second kappa shape index (κ2) is 3.76. The fourth-order valence-electron chi connectivity index (χ4n) is 1.51. The molecule has 4 nitrogen and oxygen atoms in total. The molecular formula is C10H7F3N2O2. The van der Waals surface area contributed by atoms with Crippen molar-refractivity contribution in [2.45, 2.75) is 12.7 Å². The third-order valence-electron chi connectivity index (χ3n) is 2.30. The van der Waals surface area contributed by atoms with Crippen molar-refractivity contribution < 1.29 is 22.8 Å². The van der Waals surface area contributed by atoms with Gasteiger partial charge in [-0.1, -0.05) is 0 Å². The van der Waals surface area contributed by atoms with E-state index in [2.05, 4.69) is 5.32 Å². The van der Waals surface area contributed by atoms with Gasteiger partial charge >= 0.3 is 12.1 Å². The van der Waals surface area contributed by atoms with Crippen molar-refractivity contribution in [1.29, 1.82) is 0 Å². The van der Waals surface area contributed by atoms with Crippen molar-refractivity contribution in [3.8, 4) is 0 Å². The number of nitrogens with one attached hydrogen (secondary N) is 2. The van der Waals surface area contributed by atoms with Gasteiger partial charge in [0, 0.05) is 17.8 Å². The Bertz CT molecular complexity index is 497. The highest BCUT2D eigenvalue weighted by molar-refractivity contribution is 6.00. The number of hydrogen-bond acceptors (Lipinski definition) is 2. The van der Waals surface area contributed by atoms with Crippen LogP contribution in [-0.2, 0) is 11.3 Å². The number of carbonyl (C=O) groups is 2. The molecule has 0 atom stereocenters. The highest BCUT2D eigenvalue weighted by Crippen LogP contribution is 2.22. The summed E-state index contributed by atoms with van der Waals surface area (Å²) < 4.78 is 36.0. The zero-order valence-electron chi connectivity index (χ0n) is 8.39. The molecule has 7 heteroatoms. The number of anilines is 1. The molecule has 0 aliphatic carbocycles. The van der Waals surface area contributed by atoms with Crippen molar-refractivity contribution in [2.75, 3.05) is 5.32 Å². The van der Waals surface area contributed by atoms with Crippen molar-refractivity contribution in [2.24, 2.45) is 0 Å². The Kier molecular flexibility index (Phi) is 2.53. The van der Waals surface area contributed by atoms with Gasteiger partial charge in [-0.05, 0) is 23.8 Å². The Hall–Kier alpha value is -2.05. The molecule has 0 saturated heterocycles. The summed E-state index contributed by atoms with van der Waals surface area (Å²) in [5.41, 5.74) is 0.993. The molecule has 2 amide bonds. The Morgan fingerprint density at radius 2 is 2.06 bits per heavy atom. The Balaban J connectivity index is 2.20. The van der Waals surface area contributed by atoms with Gasteiger partial charge in [0.25, 0.3) is 5.91 Å². The molecule has 1 aliphatic heterocycles. The van der Waals surface area contributed by atoms with E-state index in [0.29, 0.717) is 11.1 Å². The van der Waals surface area contributed by atoms with E-state index in [4.69, 9.17) is 0 Å². The summed E-state index contributed by atoms with van der Waals surface area (Å²) >= 11 is 0. The SMILES string of the molecule is O=C1NCc2cc(NC(=O)C(F)(F)F)ccc21. The molecule has 2 rings (SSSR count). The molecular weight excluding hydrogens is 237 g/mol. The maximum atomic E-state index is 12.0. The topological polar surface area (TPSA) is 58.2 Å². The lowest BCUT2D eigenvalue weighted by Gasteiger charge is -2.08. The monoisotopic (exact) mass is 244 g/mol. The first-order chi connectivity index (χ1) is 7.88. The van der Waals surface area contributed by atoms with Gasteiger partial charge in [0.2, 0.25) is 0 Å². The molecule has 0 radical (unpaired) electrons. The predicted octanol–water partition coefficient (Wildman–Crippen LogP) is 1.43. The van der Waals surface area contributed by atoms with E-state index in [9.17, 15) is 22.8 Å². The largest absolute Gasteiger partial charge is 0.471 e. The van der Waals surface area contributed by atoms with Crippen LogP contribution in [0.3, 0.4) is 0 Å². The zero-order chi connectivity index (χ0) is 12.6. The van der Waals surface area contributed by atoms with Gasteiger partial charge in [-0.2, -0.15) is 13.2 Å². The van der Waals surface area contributed by atoms with Crippen LogP contribution in [0.5, 0.6) is 0 Å². The summed E-state index contributed by atoms with van der Waals surface area (Å²) in [5.74, 6) is -2.30. The molecule has 1 aromatic rings. The van der Waals surface area contributed by atoms with Gasteiger partial charge < -0.3 is 10.6 Å². The van der Waals surface area contributed by atoms with Crippen molar-refractivity contribution in [3.63, 3.8) is 0 Å². The fraction of sp³-hybridized carbons (Fsp3) is 0.200. The van der Waals surface area contributed by atoms with E-state index < -0.39 is 12.1 Å². The molecule has 0 bridgehead atoms. The van der Waals surface area contributed by atoms with E-state index in [1.165, 1.54) is 18.2 Å². The van der Waals surface area contributed by atoms with E-state index in [-0.39, 0.29) is 18.1 Å². The van der Waals surface area contributed by atoms with E-state index in [1.807, 2.05) is 0 Å². The Labute approximate surface area is 93.8 Å². The normalized spacial score (nSPS) is 14.2. The molecule has 1 heterocycles. The molecule has 0 unspecified atom stereocenters. The molecule has 17 heavy (non-hydrogen) atoms. The number of amides is 2. The molecule has 0 fully saturated rings. The van der Waals surface area contributed by atoms with Crippen LogP contribution in [-0.4, -0.2) is 18.0 Å². The molecule has 0 spiro atoms. The van der Waals surface area contributed by atoms with Crippen molar-refractivity contribution in [1.82, 2.24) is 5.32 Å². The molecule has 0 saturated carbocycles. The number of rotatable bonds is 1. The quantitative estimate of drug-likeness (QED) is 0.785. The van der Waals surface area contributed by atoms with E-state index >= 15 is 0 Å². The zero-order valence-corrected chi connectivity index (χ0v) is 8.39. The van der Waals surface area contributed by atoms with Gasteiger partial charge in [-0.15, -0.1) is 0 Å². The van der Waals surface area contributed by atoms with Crippen molar-refractivity contribution in [3.05, 3.63) is 29.3 Å². The highest BCUT2D eigenvalue weighted by Gasteiger charge is 2.38.